The van der Waals surface area contributed by atoms with Gasteiger partial charge < -0.3 is 4.57 Å². The Morgan fingerprint density at radius 2 is 1.62 bits per heavy atom. The van der Waals surface area contributed by atoms with E-state index in [-0.39, 0.29) is 11.1 Å². The first-order valence-corrected chi connectivity index (χ1v) is 7.64. The summed E-state index contributed by atoms with van der Waals surface area (Å²) < 4.78 is 44.5. The molecule has 0 bridgehead atoms. The molecule has 0 radical (unpaired) electrons. The van der Waals surface area contributed by atoms with E-state index in [1.54, 1.807) is 34.9 Å². The van der Waals surface area contributed by atoms with E-state index >= 15 is 0 Å². The van der Waals surface area contributed by atoms with E-state index in [2.05, 4.69) is 5.92 Å². The number of aryl methyl sites for hydroxylation is 1. The summed E-state index contributed by atoms with van der Waals surface area (Å²) in [6.45, 7) is 2.46. The summed E-state index contributed by atoms with van der Waals surface area (Å²) in [5.74, 6) is 2.08. The molecule has 0 saturated heterocycles. The Balaban J connectivity index is 2.43. The van der Waals surface area contributed by atoms with Gasteiger partial charge in [-0.1, -0.05) is 54.5 Å². The van der Waals surface area contributed by atoms with E-state index in [9.17, 15) is 13.2 Å². The highest BCUT2D eigenvalue weighted by molar-refractivity contribution is 5.87. The average Bonchev–Trinajstić information content (AvgIpc) is 2.95. The molecule has 0 aliphatic rings. The van der Waals surface area contributed by atoms with Crippen molar-refractivity contribution >= 4 is 10.9 Å². The second-order valence-electron chi connectivity index (χ2n) is 5.60. The van der Waals surface area contributed by atoms with E-state index in [0.717, 1.165) is 5.52 Å². The van der Waals surface area contributed by atoms with Gasteiger partial charge >= 0.3 is 6.18 Å². The van der Waals surface area contributed by atoms with Gasteiger partial charge in [0, 0.05) is 29.2 Å². The maximum Gasteiger partial charge on any atom is 0.413 e. The molecular weight excluding hydrogens is 311 g/mol. The molecule has 0 amide bonds. The molecule has 1 heterocycles. The standard InChI is InChI=1S/C20H16F3N/c1-3-19(20(21,22)23,15-10-6-5-7-11-15)17-14-24(4-2)18-13-9-8-12-16(17)18/h1,5-14H,4H2,2H3. The van der Waals surface area contributed by atoms with Crippen LogP contribution in [0.25, 0.3) is 10.9 Å². The van der Waals surface area contributed by atoms with Gasteiger partial charge in [-0.2, -0.15) is 13.2 Å². The Morgan fingerprint density at radius 3 is 2.21 bits per heavy atom. The van der Waals surface area contributed by atoms with Crippen molar-refractivity contribution in [3.63, 3.8) is 0 Å². The van der Waals surface area contributed by atoms with Crippen LogP contribution in [0.15, 0.2) is 60.8 Å². The zero-order chi connectivity index (χ0) is 17.4. The minimum atomic E-state index is -4.62. The smallest absolute Gasteiger partial charge is 0.347 e. The monoisotopic (exact) mass is 327 g/mol. The quantitative estimate of drug-likeness (QED) is 0.587. The van der Waals surface area contributed by atoms with Crippen LogP contribution in [0.3, 0.4) is 0 Å². The van der Waals surface area contributed by atoms with E-state index in [0.29, 0.717) is 11.9 Å². The number of alkyl halides is 3. The van der Waals surface area contributed by atoms with Crippen molar-refractivity contribution in [1.82, 2.24) is 4.57 Å². The Morgan fingerprint density at radius 1 is 1.00 bits per heavy atom. The normalized spacial score (nSPS) is 14.3. The Bertz CT molecular complexity index is 900. The molecule has 2 aromatic carbocycles. The van der Waals surface area contributed by atoms with Crippen molar-refractivity contribution in [2.45, 2.75) is 25.1 Å². The van der Waals surface area contributed by atoms with Crippen molar-refractivity contribution in [3.05, 3.63) is 71.9 Å². The molecule has 0 N–H and O–H groups in total. The molecule has 4 heteroatoms. The maximum absolute atomic E-state index is 14.2. The molecule has 0 spiro atoms. The lowest BCUT2D eigenvalue weighted by molar-refractivity contribution is -0.161. The summed E-state index contributed by atoms with van der Waals surface area (Å²) in [6, 6.07) is 14.7. The highest BCUT2D eigenvalue weighted by atomic mass is 19.4. The molecular formula is C20H16F3N. The molecule has 1 aromatic heterocycles. The number of fused-ring (bicyclic) bond motifs is 1. The van der Waals surface area contributed by atoms with Gasteiger partial charge in [0.2, 0.25) is 0 Å². The van der Waals surface area contributed by atoms with Crippen molar-refractivity contribution in [1.29, 1.82) is 0 Å². The maximum atomic E-state index is 14.2. The number of terminal acetylenes is 1. The molecule has 24 heavy (non-hydrogen) atoms. The van der Waals surface area contributed by atoms with Gasteiger partial charge in [0.1, 0.15) is 0 Å². The summed E-state index contributed by atoms with van der Waals surface area (Å²) >= 11 is 0. The predicted octanol–water partition coefficient (Wildman–Crippen LogP) is 5.14. The minimum Gasteiger partial charge on any atom is -0.347 e. The molecule has 0 fully saturated rings. The first-order chi connectivity index (χ1) is 11.5. The Kier molecular flexibility index (Phi) is 3.88. The van der Waals surface area contributed by atoms with Crippen LogP contribution in [0.5, 0.6) is 0 Å². The number of para-hydroxylation sites is 1. The molecule has 1 unspecified atom stereocenters. The van der Waals surface area contributed by atoms with Gasteiger partial charge in [0.25, 0.3) is 0 Å². The lowest BCUT2D eigenvalue weighted by atomic mass is 9.74. The fraction of sp³-hybridized carbons (Fsp3) is 0.200. The first kappa shape index (κ1) is 16.2. The molecule has 3 rings (SSSR count). The van der Waals surface area contributed by atoms with Gasteiger partial charge in [0.05, 0.1) is 0 Å². The first-order valence-electron chi connectivity index (χ1n) is 7.64. The topological polar surface area (TPSA) is 4.93 Å². The Labute approximate surface area is 138 Å². The van der Waals surface area contributed by atoms with Crippen LogP contribution in [0.2, 0.25) is 0 Å². The zero-order valence-electron chi connectivity index (χ0n) is 13.1. The third-order valence-electron chi connectivity index (χ3n) is 4.38. The van der Waals surface area contributed by atoms with Crippen LogP contribution in [0.1, 0.15) is 18.1 Å². The molecule has 0 saturated carbocycles. The molecule has 122 valence electrons. The van der Waals surface area contributed by atoms with Gasteiger partial charge in [-0.15, -0.1) is 6.42 Å². The summed E-state index contributed by atoms with van der Waals surface area (Å²) in [7, 11) is 0. The lowest BCUT2D eigenvalue weighted by Gasteiger charge is -2.31. The number of rotatable bonds is 3. The van der Waals surface area contributed by atoms with E-state index in [4.69, 9.17) is 6.42 Å². The fourth-order valence-corrected chi connectivity index (χ4v) is 3.21. The number of hydrogen-bond acceptors (Lipinski definition) is 0. The van der Waals surface area contributed by atoms with Gasteiger partial charge in [-0.3, -0.25) is 0 Å². The molecule has 1 nitrogen and oxygen atoms in total. The number of aromatic nitrogens is 1. The number of benzene rings is 2. The van der Waals surface area contributed by atoms with Crippen LogP contribution in [-0.2, 0) is 12.0 Å². The van der Waals surface area contributed by atoms with Crippen LogP contribution in [0, 0.1) is 12.3 Å². The lowest BCUT2D eigenvalue weighted by Crippen LogP contribution is -2.42. The molecule has 1 atom stereocenters. The zero-order valence-corrected chi connectivity index (χ0v) is 13.1. The Hall–Kier alpha value is -2.67. The number of halogens is 3. The van der Waals surface area contributed by atoms with Crippen molar-refractivity contribution in [2.24, 2.45) is 0 Å². The number of hydrogen-bond donors (Lipinski definition) is 0. The van der Waals surface area contributed by atoms with Gasteiger partial charge in [0.15, 0.2) is 5.41 Å². The highest BCUT2D eigenvalue weighted by Gasteiger charge is 2.57. The van der Waals surface area contributed by atoms with E-state index in [1.807, 2.05) is 19.1 Å². The van der Waals surface area contributed by atoms with E-state index in [1.165, 1.54) is 18.3 Å². The van der Waals surface area contributed by atoms with E-state index < -0.39 is 11.6 Å². The van der Waals surface area contributed by atoms with Crippen LogP contribution in [0.4, 0.5) is 13.2 Å². The highest BCUT2D eigenvalue weighted by Crippen LogP contribution is 2.48. The van der Waals surface area contributed by atoms with Crippen molar-refractivity contribution in [3.8, 4) is 12.3 Å². The largest absolute Gasteiger partial charge is 0.413 e. The third-order valence-corrected chi connectivity index (χ3v) is 4.38. The summed E-state index contributed by atoms with van der Waals surface area (Å²) in [5.41, 5.74) is -1.58. The van der Waals surface area contributed by atoms with Crippen LogP contribution >= 0.6 is 0 Å². The second-order valence-corrected chi connectivity index (χ2v) is 5.60. The molecule has 3 aromatic rings. The number of nitrogens with zero attached hydrogens (tertiary/aromatic N) is 1. The third kappa shape index (κ3) is 2.20. The SMILES string of the molecule is C#CC(c1ccccc1)(c1cn(CC)c2ccccc12)C(F)(F)F. The summed E-state index contributed by atoms with van der Waals surface area (Å²) in [5, 5.41) is 0.526. The predicted molar refractivity (Wildman–Crippen MR) is 89.7 cm³/mol. The van der Waals surface area contributed by atoms with Gasteiger partial charge in [-0.25, -0.2) is 0 Å². The van der Waals surface area contributed by atoms with Crippen LogP contribution < -0.4 is 0 Å². The minimum absolute atomic E-state index is 0.0546. The van der Waals surface area contributed by atoms with Crippen molar-refractivity contribution < 1.29 is 13.2 Å². The summed E-state index contributed by atoms with van der Waals surface area (Å²) in [6.07, 6.45) is 2.43. The molecule has 0 aliphatic heterocycles. The van der Waals surface area contributed by atoms with Crippen LogP contribution in [-0.4, -0.2) is 10.7 Å². The fourth-order valence-electron chi connectivity index (χ4n) is 3.21. The van der Waals surface area contributed by atoms with Gasteiger partial charge in [-0.05, 0) is 18.6 Å². The summed E-state index contributed by atoms with van der Waals surface area (Å²) in [4.78, 5) is 0. The molecule has 0 aliphatic carbocycles. The second kappa shape index (κ2) is 5.76. The average molecular weight is 327 g/mol. The van der Waals surface area contributed by atoms with Crippen molar-refractivity contribution in [2.75, 3.05) is 0 Å².